The topological polar surface area (TPSA) is 86.8 Å². The number of anilines is 1. The van der Waals surface area contributed by atoms with E-state index in [4.69, 9.17) is 0 Å². The first-order valence-corrected chi connectivity index (χ1v) is 14.4. The van der Waals surface area contributed by atoms with E-state index < -0.39 is 34.3 Å². The highest BCUT2D eigenvalue weighted by Crippen LogP contribution is 2.26. The monoisotopic (exact) mass is 603 g/mol. The molecule has 0 aliphatic carbocycles. The molecular formula is C28H31BrFN3O4S. The molecule has 0 fully saturated rings. The summed E-state index contributed by atoms with van der Waals surface area (Å²) in [6.45, 7) is 4.88. The Morgan fingerprint density at radius 3 is 2.11 bits per heavy atom. The molecule has 2 amide bonds. The number of nitrogens with zero attached hydrogens (tertiary/aromatic N) is 2. The van der Waals surface area contributed by atoms with Crippen LogP contribution in [0.1, 0.15) is 32.8 Å². The number of benzene rings is 3. The molecule has 0 bridgehead atoms. The molecule has 1 atom stereocenters. The minimum Gasteiger partial charge on any atom is -0.352 e. The SMILES string of the molecule is CC[C@H](C(=O)NC(C)C)N(Cc1ccc(F)cc1)C(=O)CN(c1ccc(Br)cc1)S(=O)(=O)c1ccccc1. The molecule has 10 heteroatoms. The lowest BCUT2D eigenvalue weighted by Gasteiger charge is -2.33. The maximum Gasteiger partial charge on any atom is 0.264 e. The van der Waals surface area contributed by atoms with Gasteiger partial charge in [0, 0.05) is 17.1 Å². The van der Waals surface area contributed by atoms with Crippen LogP contribution in [0.5, 0.6) is 0 Å². The van der Waals surface area contributed by atoms with Gasteiger partial charge in [0.2, 0.25) is 11.8 Å². The highest BCUT2D eigenvalue weighted by molar-refractivity contribution is 9.10. The maximum atomic E-state index is 13.9. The number of sulfonamides is 1. The van der Waals surface area contributed by atoms with Gasteiger partial charge in [-0.2, -0.15) is 0 Å². The molecule has 38 heavy (non-hydrogen) atoms. The van der Waals surface area contributed by atoms with E-state index in [-0.39, 0.29) is 23.4 Å². The van der Waals surface area contributed by atoms with Crippen molar-refractivity contribution in [2.75, 3.05) is 10.8 Å². The average molecular weight is 605 g/mol. The number of halogens is 2. The number of nitrogens with one attached hydrogen (secondary N) is 1. The van der Waals surface area contributed by atoms with Crippen LogP contribution in [0.2, 0.25) is 0 Å². The number of amides is 2. The number of carbonyl (C=O) groups excluding carboxylic acids is 2. The van der Waals surface area contributed by atoms with Crippen molar-refractivity contribution in [2.24, 2.45) is 0 Å². The van der Waals surface area contributed by atoms with Gasteiger partial charge in [0.1, 0.15) is 18.4 Å². The van der Waals surface area contributed by atoms with Gasteiger partial charge in [-0.3, -0.25) is 13.9 Å². The van der Waals surface area contributed by atoms with Gasteiger partial charge in [-0.1, -0.05) is 53.2 Å². The van der Waals surface area contributed by atoms with Crippen LogP contribution < -0.4 is 9.62 Å². The zero-order valence-corrected chi connectivity index (χ0v) is 23.9. The van der Waals surface area contributed by atoms with Gasteiger partial charge >= 0.3 is 0 Å². The fraction of sp³-hybridized carbons (Fsp3) is 0.286. The Hall–Kier alpha value is -3.24. The Bertz CT molecular complexity index is 1330. The second kappa shape index (κ2) is 13.0. The Labute approximate surface area is 231 Å². The predicted molar refractivity (Wildman–Crippen MR) is 149 cm³/mol. The van der Waals surface area contributed by atoms with Crippen molar-refractivity contribution < 1.29 is 22.4 Å². The Balaban J connectivity index is 2.04. The van der Waals surface area contributed by atoms with E-state index in [1.807, 2.05) is 13.8 Å². The third-order valence-corrected chi connectivity index (χ3v) is 8.12. The minimum absolute atomic E-state index is 0.00268. The first-order valence-electron chi connectivity index (χ1n) is 12.2. The molecule has 0 aliphatic heterocycles. The quantitative estimate of drug-likeness (QED) is 0.330. The molecule has 0 aliphatic rings. The smallest absolute Gasteiger partial charge is 0.264 e. The van der Waals surface area contributed by atoms with E-state index in [1.165, 1.54) is 41.3 Å². The molecule has 3 rings (SSSR count). The van der Waals surface area contributed by atoms with Crippen molar-refractivity contribution in [3.8, 4) is 0 Å². The molecule has 0 saturated heterocycles. The van der Waals surface area contributed by atoms with Crippen LogP contribution >= 0.6 is 15.9 Å². The summed E-state index contributed by atoms with van der Waals surface area (Å²) in [5.74, 6) is -1.34. The predicted octanol–water partition coefficient (Wildman–Crippen LogP) is 5.12. The lowest BCUT2D eigenvalue weighted by atomic mass is 10.1. The van der Waals surface area contributed by atoms with Gasteiger partial charge in [0.25, 0.3) is 10.0 Å². The molecule has 0 unspecified atom stereocenters. The van der Waals surface area contributed by atoms with Crippen LogP contribution in [0.15, 0.2) is 88.2 Å². The lowest BCUT2D eigenvalue weighted by Crippen LogP contribution is -2.53. The summed E-state index contributed by atoms with van der Waals surface area (Å²) in [5.41, 5.74) is 0.906. The van der Waals surface area contributed by atoms with Crippen LogP contribution in [0, 0.1) is 5.82 Å². The molecule has 0 aromatic heterocycles. The van der Waals surface area contributed by atoms with Crippen LogP contribution in [-0.4, -0.2) is 43.8 Å². The third-order valence-electron chi connectivity index (χ3n) is 5.81. The third kappa shape index (κ3) is 7.41. The lowest BCUT2D eigenvalue weighted by molar-refractivity contribution is -0.140. The second-order valence-electron chi connectivity index (χ2n) is 9.04. The molecule has 3 aromatic rings. The minimum atomic E-state index is -4.13. The standard InChI is InChI=1S/C28H31BrFN3O4S/c1-4-26(28(35)31-20(2)3)32(18-21-10-14-23(30)15-11-21)27(34)19-33(24-16-12-22(29)13-17-24)38(36,37)25-8-6-5-7-9-25/h5-17,20,26H,4,18-19H2,1-3H3,(H,31,35)/t26-/m1/s1. The van der Waals surface area contributed by atoms with Crippen molar-refractivity contribution >= 4 is 43.5 Å². The molecule has 7 nitrogen and oxygen atoms in total. The van der Waals surface area contributed by atoms with E-state index in [0.717, 1.165) is 8.78 Å². The largest absolute Gasteiger partial charge is 0.352 e. The molecule has 0 radical (unpaired) electrons. The molecular weight excluding hydrogens is 573 g/mol. The van der Waals surface area contributed by atoms with E-state index in [9.17, 15) is 22.4 Å². The van der Waals surface area contributed by atoms with E-state index in [1.54, 1.807) is 49.4 Å². The van der Waals surface area contributed by atoms with Gasteiger partial charge in [-0.15, -0.1) is 0 Å². The summed E-state index contributed by atoms with van der Waals surface area (Å²) in [6, 6.07) is 19.1. The van der Waals surface area contributed by atoms with Crippen LogP contribution in [0.4, 0.5) is 10.1 Å². The normalized spacial score (nSPS) is 12.2. The molecule has 0 saturated carbocycles. The van der Waals surface area contributed by atoms with E-state index in [0.29, 0.717) is 17.7 Å². The highest BCUT2D eigenvalue weighted by atomic mass is 79.9. The summed E-state index contributed by atoms with van der Waals surface area (Å²) in [7, 11) is -4.13. The first kappa shape index (κ1) is 29.3. The Kier molecular flexibility index (Phi) is 10.0. The second-order valence-corrected chi connectivity index (χ2v) is 11.8. The maximum absolute atomic E-state index is 13.9. The van der Waals surface area contributed by atoms with Gasteiger partial charge in [0.05, 0.1) is 10.6 Å². The summed E-state index contributed by atoms with van der Waals surface area (Å²) < 4.78 is 42.8. The number of rotatable bonds is 11. The van der Waals surface area contributed by atoms with Crippen LogP contribution in [-0.2, 0) is 26.2 Å². The van der Waals surface area contributed by atoms with Crippen molar-refractivity contribution in [3.63, 3.8) is 0 Å². The molecule has 3 aromatic carbocycles. The number of carbonyl (C=O) groups is 2. The highest BCUT2D eigenvalue weighted by Gasteiger charge is 2.33. The van der Waals surface area contributed by atoms with Crippen LogP contribution in [0.3, 0.4) is 0 Å². The van der Waals surface area contributed by atoms with Crippen molar-refractivity contribution in [1.82, 2.24) is 10.2 Å². The summed E-state index contributed by atoms with van der Waals surface area (Å²) in [5, 5.41) is 2.84. The number of hydrogen-bond acceptors (Lipinski definition) is 4. The zero-order chi connectivity index (χ0) is 27.9. The Morgan fingerprint density at radius 1 is 0.947 bits per heavy atom. The summed E-state index contributed by atoms with van der Waals surface area (Å²) >= 11 is 3.36. The van der Waals surface area contributed by atoms with Gasteiger partial charge in [-0.25, -0.2) is 12.8 Å². The van der Waals surface area contributed by atoms with Crippen LogP contribution in [0.25, 0.3) is 0 Å². The van der Waals surface area contributed by atoms with E-state index >= 15 is 0 Å². The zero-order valence-electron chi connectivity index (χ0n) is 21.5. The van der Waals surface area contributed by atoms with Crippen molar-refractivity contribution in [3.05, 3.63) is 94.7 Å². The van der Waals surface area contributed by atoms with Crippen molar-refractivity contribution in [1.29, 1.82) is 0 Å². The molecule has 1 N–H and O–H groups in total. The van der Waals surface area contributed by atoms with Gasteiger partial charge < -0.3 is 10.2 Å². The average Bonchev–Trinajstić information content (AvgIpc) is 2.89. The van der Waals surface area contributed by atoms with E-state index in [2.05, 4.69) is 21.2 Å². The molecule has 0 heterocycles. The fourth-order valence-electron chi connectivity index (χ4n) is 3.94. The summed E-state index contributed by atoms with van der Waals surface area (Å²) in [4.78, 5) is 28.4. The fourth-order valence-corrected chi connectivity index (χ4v) is 5.64. The van der Waals surface area contributed by atoms with Gasteiger partial charge in [-0.05, 0) is 74.4 Å². The Morgan fingerprint density at radius 2 is 1.55 bits per heavy atom. The van der Waals surface area contributed by atoms with Gasteiger partial charge in [0.15, 0.2) is 0 Å². The molecule has 0 spiro atoms. The number of hydrogen-bond donors (Lipinski definition) is 1. The van der Waals surface area contributed by atoms with Crippen molar-refractivity contribution in [2.45, 2.75) is 50.7 Å². The molecule has 202 valence electrons. The summed E-state index contributed by atoms with van der Waals surface area (Å²) in [6.07, 6.45) is 0.301. The first-order chi connectivity index (χ1) is 18.0.